The van der Waals surface area contributed by atoms with Gasteiger partial charge in [0.1, 0.15) is 10.0 Å². The fourth-order valence-electron chi connectivity index (χ4n) is 3.87. The van der Waals surface area contributed by atoms with Crippen molar-refractivity contribution in [3.05, 3.63) is 42.0 Å². The van der Waals surface area contributed by atoms with Crippen LogP contribution in [0.4, 0.5) is 23.4 Å². The summed E-state index contributed by atoms with van der Waals surface area (Å²) in [5.41, 5.74) is 0.625. The van der Waals surface area contributed by atoms with Gasteiger partial charge >= 0.3 is 6.18 Å². The van der Waals surface area contributed by atoms with Gasteiger partial charge in [-0.3, -0.25) is 0 Å². The van der Waals surface area contributed by atoms with Crippen molar-refractivity contribution in [2.24, 2.45) is 5.41 Å². The lowest BCUT2D eigenvalue weighted by Gasteiger charge is -2.40. The molecule has 4 rings (SSSR count). The lowest BCUT2D eigenvalue weighted by Crippen LogP contribution is -2.46. The molecule has 33 heavy (non-hydrogen) atoms. The van der Waals surface area contributed by atoms with Gasteiger partial charge in [-0.2, -0.15) is 23.3 Å². The zero-order chi connectivity index (χ0) is 24.0. The number of halogens is 4. The molecule has 0 saturated carbocycles. The molecule has 4 nitrogen and oxygen atoms in total. The van der Waals surface area contributed by atoms with Gasteiger partial charge < -0.3 is 4.90 Å². The van der Waals surface area contributed by atoms with E-state index in [-0.39, 0.29) is 18.7 Å². The third kappa shape index (κ3) is 4.91. The zero-order valence-corrected chi connectivity index (χ0v) is 20.5. The van der Waals surface area contributed by atoms with Gasteiger partial charge in [-0.05, 0) is 37.5 Å². The summed E-state index contributed by atoms with van der Waals surface area (Å²) in [7, 11) is 0. The number of thiazole rings is 1. The Kier molecular flexibility index (Phi) is 6.52. The summed E-state index contributed by atoms with van der Waals surface area (Å²) in [4.78, 5) is 6.76. The Balaban J connectivity index is 1.65. The third-order valence-electron chi connectivity index (χ3n) is 5.99. The summed E-state index contributed by atoms with van der Waals surface area (Å²) >= 11 is 3.13. The van der Waals surface area contributed by atoms with Crippen molar-refractivity contribution in [1.82, 2.24) is 14.8 Å². The van der Waals surface area contributed by atoms with Gasteiger partial charge in [0.05, 0.1) is 11.1 Å². The van der Waals surface area contributed by atoms with Crippen LogP contribution in [0.3, 0.4) is 0 Å². The molecule has 3 aromatic rings. The van der Waals surface area contributed by atoms with Crippen LogP contribution in [0, 0.1) is 18.2 Å². The average Bonchev–Trinajstić information content (AvgIpc) is 3.31. The molecule has 0 amide bonds. The number of hydrogen-bond acceptors (Lipinski definition) is 5. The predicted molar refractivity (Wildman–Crippen MR) is 126 cm³/mol. The lowest BCUT2D eigenvalue weighted by molar-refractivity contribution is -0.224. The van der Waals surface area contributed by atoms with E-state index in [0.29, 0.717) is 23.5 Å². The molecule has 1 saturated heterocycles. The summed E-state index contributed by atoms with van der Waals surface area (Å²) in [6, 6.07) is 6.35. The smallest absolute Gasteiger partial charge is 0.355 e. The van der Waals surface area contributed by atoms with Gasteiger partial charge in [0.15, 0.2) is 5.82 Å². The molecule has 1 aliphatic heterocycles. The van der Waals surface area contributed by atoms with Gasteiger partial charge in [0, 0.05) is 30.1 Å². The molecule has 0 atom stereocenters. The number of thioether (sulfide) groups is 1. The highest BCUT2D eigenvalue weighted by Gasteiger charge is 2.52. The van der Waals surface area contributed by atoms with Crippen LogP contribution in [-0.4, -0.2) is 39.3 Å². The molecule has 2 aromatic heterocycles. The monoisotopic (exact) mass is 498 g/mol. The van der Waals surface area contributed by atoms with E-state index < -0.39 is 11.6 Å². The summed E-state index contributed by atoms with van der Waals surface area (Å²) in [5, 5.41) is 5.52. The zero-order valence-electron chi connectivity index (χ0n) is 18.9. The molecule has 0 bridgehead atoms. The van der Waals surface area contributed by atoms with Gasteiger partial charge in [-0.25, -0.2) is 9.07 Å². The highest BCUT2D eigenvalue weighted by Crippen LogP contribution is 2.48. The number of piperidine rings is 1. The Morgan fingerprint density at radius 2 is 1.88 bits per heavy atom. The fourth-order valence-corrected chi connectivity index (χ4v) is 6.32. The number of benzene rings is 1. The number of hydrogen-bond donors (Lipinski definition) is 0. The van der Waals surface area contributed by atoms with Gasteiger partial charge in [-0.15, -0.1) is 11.8 Å². The molecule has 0 aliphatic carbocycles. The normalized spacial score (nSPS) is 16.6. The van der Waals surface area contributed by atoms with Crippen LogP contribution in [0.1, 0.15) is 39.3 Å². The molecule has 1 aliphatic rings. The van der Waals surface area contributed by atoms with Crippen LogP contribution in [0.5, 0.6) is 0 Å². The van der Waals surface area contributed by atoms with Gasteiger partial charge in [-0.1, -0.05) is 44.2 Å². The molecular weight excluding hydrogens is 472 g/mol. The second kappa shape index (κ2) is 8.94. The SMILES string of the molecule is Cc1nn(-c2nc(N3CCC(C)(C(F)(F)F)CC3)c(SC(C)C)s2)cc1-c1cccc(F)c1. The number of aromatic nitrogens is 3. The standard InChI is InChI=1S/C23H26F4N4S2/c1-14(2)32-20-19(30-10-8-22(4,9-11-30)23(25,26)27)28-21(33-20)31-13-18(15(3)29-31)16-6-5-7-17(24)12-16/h5-7,12-14H,8-11H2,1-4H3. The highest BCUT2D eigenvalue weighted by atomic mass is 32.2. The molecule has 178 valence electrons. The quantitative estimate of drug-likeness (QED) is 0.277. The van der Waals surface area contributed by atoms with Crippen molar-refractivity contribution in [2.75, 3.05) is 18.0 Å². The van der Waals surface area contributed by atoms with E-state index in [0.717, 1.165) is 26.8 Å². The van der Waals surface area contributed by atoms with Crippen LogP contribution >= 0.6 is 23.1 Å². The van der Waals surface area contributed by atoms with Crippen LogP contribution in [-0.2, 0) is 0 Å². The number of nitrogens with zero attached hydrogens (tertiary/aromatic N) is 4. The molecule has 3 heterocycles. The Labute approximate surface area is 199 Å². The van der Waals surface area contributed by atoms with Crippen molar-refractivity contribution >= 4 is 28.9 Å². The van der Waals surface area contributed by atoms with E-state index in [1.165, 1.54) is 30.4 Å². The molecular formula is C23H26F4N4S2. The summed E-state index contributed by atoms with van der Waals surface area (Å²) in [5.74, 6) is 0.404. The molecule has 1 aromatic carbocycles. The predicted octanol–water partition coefficient (Wildman–Crippen LogP) is 7.11. The van der Waals surface area contributed by atoms with E-state index in [1.807, 2.05) is 24.1 Å². The summed E-state index contributed by atoms with van der Waals surface area (Å²) < 4.78 is 56.8. The van der Waals surface area contributed by atoms with Gasteiger partial charge in [0.25, 0.3) is 0 Å². The molecule has 0 radical (unpaired) electrons. The van der Waals surface area contributed by atoms with Crippen molar-refractivity contribution in [3.63, 3.8) is 0 Å². The van der Waals surface area contributed by atoms with Crippen LogP contribution in [0.25, 0.3) is 16.3 Å². The lowest BCUT2D eigenvalue weighted by atomic mass is 9.80. The van der Waals surface area contributed by atoms with Crippen molar-refractivity contribution < 1.29 is 17.6 Å². The van der Waals surface area contributed by atoms with E-state index in [2.05, 4.69) is 18.9 Å². The Morgan fingerprint density at radius 3 is 2.48 bits per heavy atom. The number of aryl methyl sites for hydroxylation is 1. The van der Waals surface area contributed by atoms with Gasteiger partial charge in [0.2, 0.25) is 5.13 Å². The van der Waals surface area contributed by atoms with Crippen LogP contribution < -0.4 is 4.90 Å². The Bertz CT molecular complexity index is 1130. The topological polar surface area (TPSA) is 34.0 Å². The minimum atomic E-state index is -4.21. The maximum Gasteiger partial charge on any atom is 0.394 e. The minimum absolute atomic E-state index is 0.0414. The van der Waals surface area contributed by atoms with E-state index in [4.69, 9.17) is 4.98 Å². The molecule has 1 fully saturated rings. The Hall–Kier alpha value is -2.07. The first-order chi connectivity index (χ1) is 15.5. The fraction of sp³-hybridized carbons (Fsp3) is 0.478. The second-order valence-corrected chi connectivity index (χ2v) is 11.7. The van der Waals surface area contributed by atoms with Crippen LogP contribution in [0.2, 0.25) is 0 Å². The first kappa shape index (κ1) is 24.1. The number of alkyl halides is 3. The number of rotatable bonds is 5. The first-order valence-electron chi connectivity index (χ1n) is 10.8. The first-order valence-corrected chi connectivity index (χ1v) is 12.5. The molecule has 10 heteroatoms. The van der Waals surface area contributed by atoms with E-state index in [9.17, 15) is 17.6 Å². The maximum atomic E-state index is 13.7. The van der Waals surface area contributed by atoms with Crippen molar-refractivity contribution in [1.29, 1.82) is 0 Å². The summed E-state index contributed by atoms with van der Waals surface area (Å²) in [6.07, 6.45) is -2.30. The highest BCUT2D eigenvalue weighted by molar-refractivity contribution is 8.01. The molecule has 0 N–H and O–H groups in total. The van der Waals surface area contributed by atoms with E-state index in [1.54, 1.807) is 22.5 Å². The third-order valence-corrected chi connectivity index (χ3v) is 8.23. The van der Waals surface area contributed by atoms with Crippen molar-refractivity contribution in [2.45, 2.75) is 56.2 Å². The van der Waals surface area contributed by atoms with Crippen molar-refractivity contribution in [3.8, 4) is 16.3 Å². The summed E-state index contributed by atoms with van der Waals surface area (Å²) in [6.45, 7) is 7.92. The minimum Gasteiger partial charge on any atom is -0.355 e. The maximum absolute atomic E-state index is 13.7. The number of anilines is 1. The molecule has 0 unspecified atom stereocenters. The van der Waals surface area contributed by atoms with E-state index >= 15 is 0 Å². The van der Waals surface area contributed by atoms with Crippen LogP contribution in [0.15, 0.2) is 34.7 Å². The molecule has 0 spiro atoms. The average molecular weight is 499 g/mol. The largest absolute Gasteiger partial charge is 0.394 e. The Morgan fingerprint density at radius 1 is 1.18 bits per heavy atom. The second-order valence-electron chi connectivity index (χ2n) is 8.90.